The van der Waals surface area contributed by atoms with Crippen LogP contribution >= 0.6 is 0 Å². The molecule has 1 atom stereocenters. The number of carboxylic acid groups (broad SMARTS) is 1. The Hall–Kier alpha value is -1.79. The average molecular weight is 269 g/mol. The average Bonchev–Trinajstić information content (AvgIpc) is 2.62. The zero-order chi connectivity index (χ0) is 13.8. The minimum atomic E-state index is -0.855. The number of amides is 3. The predicted octanol–water partition coefficient (Wildman–Crippen LogP) is -0.275. The second-order valence-electron chi connectivity index (χ2n) is 5.03. The maximum absolute atomic E-state index is 12.3. The molecule has 3 amide bonds. The van der Waals surface area contributed by atoms with Crippen LogP contribution in [0.5, 0.6) is 0 Å². The van der Waals surface area contributed by atoms with Crippen LogP contribution in [-0.2, 0) is 9.59 Å². The third-order valence-corrected chi connectivity index (χ3v) is 3.57. The van der Waals surface area contributed by atoms with Crippen molar-refractivity contribution in [1.82, 2.24) is 15.1 Å². The van der Waals surface area contributed by atoms with Gasteiger partial charge in [-0.15, -0.1) is 0 Å². The third kappa shape index (κ3) is 3.36. The number of urea groups is 1. The number of aliphatic carboxylic acids is 1. The van der Waals surface area contributed by atoms with Crippen LogP contribution < -0.4 is 5.32 Å². The summed E-state index contributed by atoms with van der Waals surface area (Å²) in [7, 11) is 0. The van der Waals surface area contributed by atoms with E-state index in [1.165, 1.54) is 4.90 Å². The number of hydrogen-bond acceptors (Lipinski definition) is 3. The first-order valence-corrected chi connectivity index (χ1v) is 6.61. The quantitative estimate of drug-likeness (QED) is 0.685. The lowest BCUT2D eigenvalue weighted by atomic mass is 9.98. The summed E-state index contributed by atoms with van der Waals surface area (Å²) in [6.45, 7) is 1.99. The van der Waals surface area contributed by atoms with E-state index in [9.17, 15) is 14.4 Å². The fourth-order valence-electron chi connectivity index (χ4n) is 2.52. The minimum absolute atomic E-state index is 0.0626. The molecule has 0 unspecified atom stereocenters. The van der Waals surface area contributed by atoms with Gasteiger partial charge in [-0.1, -0.05) is 0 Å². The van der Waals surface area contributed by atoms with E-state index in [1.54, 1.807) is 4.90 Å². The van der Waals surface area contributed by atoms with Gasteiger partial charge < -0.3 is 20.2 Å². The van der Waals surface area contributed by atoms with Crippen molar-refractivity contribution < 1.29 is 19.5 Å². The first kappa shape index (κ1) is 13.6. The molecule has 2 aliphatic rings. The number of hydrogen-bond donors (Lipinski definition) is 2. The van der Waals surface area contributed by atoms with E-state index in [1.807, 2.05) is 0 Å². The van der Waals surface area contributed by atoms with E-state index < -0.39 is 11.9 Å². The van der Waals surface area contributed by atoms with E-state index in [0.717, 1.165) is 6.42 Å². The number of carbonyl (C=O) groups is 3. The summed E-state index contributed by atoms with van der Waals surface area (Å²) in [5, 5.41) is 11.7. The SMILES string of the molecule is O=C1CN(C(=O)N2CCC[C@H](C(=O)O)C2)CCCN1. The fourth-order valence-corrected chi connectivity index (χ4v) is 2.52. The van der Waals surface area contributed by atoms with E-state index >= 15 is 0 Å². The summed E-state index contributed by atoms with van der Waals surface area (Å²) in [5.41, 5.74) is 0. The highest BCUT2D eigenvalue weighted by atomic mass is 16.4. The molecule has 19 heavy (non-hydrogen) atoms. The topological polar surface area (TPSA) is 90.0 Å². The first-order chi connectivity index (χ1) is 9.08. The largest absolute Gasteiger partial charge is 0.481 e. The Morgan fingerprint density at radius 3 is 2.68 bits per heavy atom. The van der Waals surface area contributed by atoms with Gasteiger partial charge in [-0.2, -0.15) is 0 Å². The standard InChI is InChI=1S/C12H19N3O4/c16-10-8-15(6-2-4-13-10)12(19)14-5-1-3-9(7-14)11(17)18/h9H,1-8H2,(H,13,16)(H,17,18)/t9-/m0/s1. The van der Waals surface area contributed by atoms with E-state index in [0.29, 0.717) is 32.5 Å². The number of piperidine rings is 1. The molecule has 2 saturated heterocycles. The fraction of sp³-hybridized carbons (Fsp3) is 0.750. The molecule has 7 nitrogen and oxygen atoms in total. The summed E-state index contributed by atoms with van der Waals surface area (Å²) in [4.78, 5) is 37.8. The molecule has 2 N–H and O–H groups in total. The number of carboxylic acids is 1. The molecule has 0 radical (unpaired) electrons. The number of nitrogens with one attached hydrogen (secondary N) is 1. The summed E-state index contributed by atoms with van der Waals surface area (Å²) in [6.07, 6.45) is 2.04. The summed E-state index contributed by atoms with van der Waals surface area (Å²) >= 11 is 0. The Morgan fingerprint density at radius 2 is 1.95 bits per heavy atom. The van der Waals surface area contributed by atoms with Gasteiger partial charge in [0.25, 0.3) is 0 Å². The van der Waals surface area contributed by atoms with Gasteiger partial charge in [-0.3, -0.25) is 9.59 Å². The number of nitrogens with zero attached hydrogens (tertiary/aromatic N) is 2. The van der Waals surface area contributed by atoms with E-state index in [4.69, 9.17) is 5.11 Å². The highest BCUT2D eigenvalue weighted by molar-refractivity contribution is 5.84. The molecular formula is C12H19N3O4. The molecular weight excluding hydrogens is 250 g/mol. The van der Waals surface area contributed by atoms with Crippen LogP contribution in [0, 0.1) is 5.92 Å². The molecule has 2 heterocycles. The molecule has 7 heteroatoms. The van der Waals surface area contributed by atoms with Crippen molar-refractivity contribution in [3.05, 3.63) is 0 Å². The van der Waals surface area contributed by atoms with Crippen molar-refractivity contribution in [2.45, 2.75) is 19.3 Å². The second-order valence-corrected chi connectivity index (χ2v) is 5.03. The molecule has 2 aliphatic heterocycles. The van der Waals surface area contributed by atoms with Gasteiger partial charge in [0.1, 0.15) is 6.54 Å². The zero-order valence-electron chi connectivity index (χ0n) is 10.8. The Morgan fingerprint density at radius 1 is 1.21 bits per heavy atom. The number of carbonyl (C=O) groups excluding carboxylic acids is 2. The second kappa shape index (κ2) is 5.90. The van der Waals surface area contributed by atoms with Gasteiger partial charge in [-0.05, 0) is 19.3 Å². The smallest absolute Gasteiger partial charge is 0.320 e. The van der Waals surface area contributed by atoms with Crippen molar-refractivity contribution >= 4 is 17.9 Å². The van der Waals surface area contributed by atoms with Crippen LogP contribution in [0.2, 0.25) is 0 Å². The Balaban J connectivity index is 1.97. The van der Waals surface area contributed by atoms with Gasteiger partial charge in [0, 0.05) is 26.2 Å². The molecule has 0 aromatic carbocycles. The molecule has 0 aliphatic carbocycles. The summed E-state index contributed by atoms with van der Waals surface area (Å²) in [6, 6.07) is -0.219. The monoisotopic (exact) mass is 269 g/mol. The van der Waals surface area contributed by atoms with E-state index in [2.05, 4.69) is 5.32 Å². The molecule has 2 fully saturated rings. The Bertz CT molecular complexity index is 385. The van der Waals surface area contributed by atoms with Crippen LogP contribution in [0.4, 0.5) is 4.79 Å². The molecule has 106 valence electrons. The van der Waals surface area contributed by atoms with Crippen molar-refractivity contribution in [2.24, 2.45) is 5.92 Å². The van der Waals surface area contributed by atoms with Gasteiger partial charge in [0.05, 0.1) is 5.92 Å². The lowest BCUT2D eigenvalue weighted by Gasteiger charge is -2.34. The number of rotatable bonds is 1. The number of likely N-dealkylation sites (tertiary alicyclic amines) is 1. The first-order valence-electron chi connectivity index (χ1n) is 6.61. The molecule has 0 aromatic rings. The lowest BCUT2D eigenvalue weighted by molar-refractivity contribution is -0.143. The van der Waals surface area contributed by atoms with Crippen LogP contribution in [0.25, 0.3) is 0 Å². The molecule has 0 bridgehead atoms. The maximum atomic E-state index is 12.3. The van der Waals surface area contributed by atoms with Crippen LogP contribution in [-0.4, -0.2) is 65.5 Å². The van der Waals surface area contributed by atoms with Crippen molar-refractivity contribution in [3.63, 3.8) is 0 Å². The van der Waals surface area contributed by atoms with Crippen LogP contribution in [0.15, 0.2) is 0 Å². The molecule has 0 saturated carbocycles. The lowest BCUT2D eigenvalue weighted by Crippen LogP contribution is -2.50. The van der Waals surface area contributed by atoms with Gasteiger partial charge in [0.15, 0.2) is 0 Å². The van der Waals surface area contributed by atoms with Crippen molar-refractivity contribution in [1.29, 1.82) is 0 Å². The summed E-state index contributed by atoms with van der Waals surface area (Å²) in [5.74, 6) is -1.50. The van der Waals surface area contributed by atoms with Gasteiger partial charge in [-0.25, -0.2) is 4.79 Å². The van der Waals surface area contributed by atoms with Crippen LogP contribution in [0.1, 0.15) is 19.3 Å². The molecule has 2 rings (SSSR count). The molecule has 0 spiro atoms. The van der Waals surface area contributed by atoms with Crippen molar-refractivity contribution in [3.8, 4) is 0 Å². The van der Waals surface area contributed by atoms with Gasteiger partial charge >= 0.3 is 12.0 Å². The van der Waals surface area contributed by atoms with Gasteiger partial charge in [0.2, 0.25) is 5.91 Å². The van der Waals surface area contributed by atoms with Crippen molar-refractivity contribution in [2.75, 3.05) is 32.7 Å². The Kier molecular flexibility index (Phi) is 4.24. The highest BCUT2D eigenvalue weighted by Crippen LogP contribution is 2.18. The third-order valence-electron chi connectivity index (χ3n) is 3.57. The van der Waals surface area contributed by atoms with Crippen LogP contribution in [0.3, 0.4) is 0 Å². The zero-order valence-corrected chi connectivity index (χ0v) is 10.8. The Labute approximate surface area is 111 Å². The highest BCUT2D eigenvalue weighted by Gasteiger charge is 2.31. The summed E-state index contributed by atoms with van der Waals surface area (Å²) < 4.78 is 0. The minimum Gasteiger partial charge on any atom is -0.481 e. The predicted molar refractivity (Wildman–Crippen MR) is 66.5 cm³/mol. The van der Waals surface area contributed by atoms with E-state index in [-0.39, 0.29) is 25.0 Å². The maximum Gasteiger partial charge on any atom is 0.320 e. The normalized spacial score (nSPS) is 24.6. The molecule has 0 aromatic heterocycles.